The van der Waals surface area contributed by atoms with E-state index in [1.807, 2.05) is 0 Å². The van der Waals surface area contributed by atoms with E-state index in [1.54, 1.807) is 0 Å². The molecule has 4 nitrogen and oxygen atoms in total. The van der Waals surface area contributed by atoms with Crippen molar-refractivity contribution in [2.24, 2.45) is 0 Å². The monoisotopic (exact) mass is 420 g/mol. The van der Waals surface area contributed by atoms with Gasteiger partial charge >= 0.3 is 45.6 Å². The standard InChI is InChI=1S/C20H43O4P.Ca.2H/c1-3-5-7-9-11-13-15-17-19-23-25(21,22)24-20-18-16-14-12-10-8-6-4-2;;;/h3-20H2,1-2H3,(H,21,22);;;. The van der Waals surface area contributed by atoms with Crippen molar-refractivity contribution in [1.29, 1.82) is 0 Å². The van der Waals surface area contributed by atoms with Crippen molar-refractivity contribution in [1.82, 2.24) is 0 Å². The van der Waals surface area contributed by atoms with Gasteiger partial charge in [0.1, 0.15) is 0 Å². The Bertz CT molecular complexity index is 290. The van der Waals surface area contributed by atoms with Crippen LogP contribution in [0.4, 0.5) is 0 Å². The van der Waals surface area contributed by atoms with Crippen LogP contribution in [0.5, 0.6) is 0 Å². The molecule has 0 heterocycles. The first-order valence-electron chi connectivity index (χ1n) is 10.7. The second-order valence-electron chi connectivity index (χ2n) is 7.08. The number of unbranched alkanes of at least 4 members (excludes halogenated alkanes) is 14. The molecule has 0 amide bonds. The third-order valence-corrected chi connectivity index (χ3v) is 5.52. The van der Waals surface area contributed by atoms with Gasteiger partial charge in [0.05, 0.1) is 13.2 Å². The molecule has 6 heteroatoms. The summed E-state index contributed by atoms with van der Waals surface area (Å²) >= 11 is 0. The molecule has 1 N–H and O–H groups in total. The second-order valence-corrected chi connectivity index (χ2v) is 8.54. The molecule has 0 aromatic carbocycles. The van der Waals surface area contributed by atoms with Gasteiger partial charge < -0.3 is 4.89 Å². The molecule has 0 fully saturated rings. The fourth-order valence-electron chi connectivity index (χ4n) is 2.87. The topological polar surface area (TPSA) is 55.8 Å². The molecule has 0 aliphatic heterocycles. The van der Waals surface area contributed by atoms with Crippen molar-refractivity contribution in [2.75, 3.05) is 13.2 Å². The zero-order valence-corrected chi connectivity index (χ0v) is 17.7. The first kappa shape index (κ1) is 29.6. The first-order chi connectivity index (χ1) is 12.1. The Morgan fingerprint density at radius 2 is 0.846 bits per heavy atom. The Balaban J connectivity index is 0. The molecule has 0 aromatic heterocycles. The van der Waals surface area contributed by atoms with Gasteiger partial charge in [-0.2, -0.15) is 0 Å². The summed E-state index contributed by atoms with van der Waals surface area (Å²) < 4.78 is 21.8. The minimum absolute atomic E-state index is 0. The Morgan fingerprint density at radius 1 is 0.577 bits per heavy atom. The molecule has 26 heavy (non-hydrogen) atoms. The molecule has 0 spiro atoms. The van der Waals surface area contributed by atoms with Crippen molar-refractivity contribution in [3.8, 4) is 0 Å². The number of phosphoric ester groups is 1. The summed E-state index contributed by atoms with van der Waals surface area (Å²) in [4.78, 5) is 9.63. The quantitative estimate of drug-likeness (QED) is 0.139. The van der Waals surface area contributed by atoms with Gasteiger partial charge in [-0.1, -0.05) is 104 Å². The third-order valence-electron chi connectivity index (χ3n) is 4.50. The maximum atomic E-state index is 11.7. The van der Waals surface area contributed by atoms with Gasteiger partial charge in [-0.25, -0.2) is 4.57 Å². The van der Waals surface area contributed by atoms with Crippen LogP contribution >= 0.6 is 7.82 Å². The number of hydrogen-bond acceptors (Lipinski definition) is 3. The molecule has 0 saturated carbocycles. The zero-order chi connectivity index (χ0) is 18.6. The minimum atomic E-state index is -3.83. The predicted molar refractivity (Wildman–Crippen MR) is 115 cm³/mol. The van der Waals surface area contributed by atoms with Gasteiger partial charge in [0, 0.05) is 0 Å². The number of hydrogen-bond donors (Lipinski definition) is 1. The summed E-state index contributed by atoms with van der Waals surface area (Å²) in [5, 5.41) is 0. The van der Waals surface area contributed by atoms with E-state index in [0.717, 1.165) is 25.7 Å². The Hall–Kier alpha value is 1.37. The number of phosphoric acid groups is 1. The van der Waals surface area contributed by atoms with Crippen molar-refractivity contribution in [2.45, 2.75) is 117 Å². The van der Waals surface area contributed by atoms with E-state index >= 15 is 0 Å². The molecule has 0 bridgehead atoms. The van der Waals surface area contributed by atoms with E-state index in [9.17, 15) is 9.46 Å². The Morgan fingerprint density at radius 3 is 1.15 bits per heavy atom. The molecule has 0 rings (SSSR count). The normalized spacial score (nSPS) is 11.5. The van der Waals surface area contributed by atoms with Crippen molar-refractivity contribution < 1.29 is 18.5 Å². The van der Waals surface area contributed by atoms with Crippen LogP contribution in [-0.4, -0.2) is 55.8 Å². The molecule has 0 radical (unpaired) electrons. The molecule has 156 valence electrons. The molecule has 0 saturated heterocycles. The average molecular weight is 421 g/mol. The fraction of sp³-hybridized carbons (Fsp3) is 1.00. The van der Waals surface area contributed by atoms with E-state index in [1.165, 1.54) is 77.0 Å². The summed E-state index contributed by atoms with van der Waals surface area (Å²) in [6.07, 6.45) is 19.1. The van der Waals surface area contributed by atoms with Gasteiger partial charge in [-0.05, 0) is 12.8 Å². The molecular weight excluding hydrogens is 375 g/mol. The zero-order valence-electron chi connectivity index (χ0n) is 16.8. The van der Waals surface area contributed by atoms with Crippen LogP contribution in [0.25, 0.3) is 0 Å². The molecule has 0 unspecified atom stereocenters. The first-order valence-corrected chi connectivity index (χ1v) is 12.2. The van der Waals surface area contributed by atoms with Gasteiger partial charge in [-0.15, -0.1) is 0 Å². The van der Waals surface area contributed by atoms with E-state index in [0.29, 0.717) is 13.2 Å². The van der Waals surface area contributed by atoms with Crippen molar-refractivity contribution in [3.63, 3.8) is 0 Å². The van der Waals surface area contributed by atoms with E-state index in [2.05, 4.69) is 13.8 Å². The van der Waals surface area contributed by atoms with Gasteiger partial charge in [0.25, 0.3) is 0 Å². The van der Waals surface area contributed by atoms with Crippen LogP contribution in [0.1, 0.15) is 117 Å². The summed E-state index contributed by atoms with van der Waals surface area (Å²) in [7, 11) is -3.83. The van der Waals surface area contributed by atoms with Crippen molar-refractivity contribution >= 4 is 45.6 Å². The molecule has 0 aliphatic carbocycles. The van der Waals surface area contributed by atoms with E-state index < -0.39 is 7.82 Å². The fourth-order valence-corrected chi connectivity index (χ4v) is 3.66. The molecule has 0 aromatic rings. The molecule has 0 atom stereocenters. The summed E-state index contributed by atoms with van der Waals surface area (Å²) in [5.74, 6) is 0. The predicted octanol–water partition coefficient (Wildman–Crippen LogP) is 6.49. The van der Waals surface area contributed by atoms with Crippen LogP contribution < -0.4 is 0 Å². The van der Waals surface area contributed by atoms with Crippen molar-refractivity contribution in [3.05, 3.63) is 0 Å². The van der Waals surface area contributed by atoms with E-state index in [4.69, 9.17) is 9.05 Å². The average Bonchev–Trinajstić information content (AvgIpc) is 2.59. The van der Waals surface area contributed by atoms with Gasteiger partial charge in [0.2, 0.25) is 0 Å². The van der Waals surface area contributed by atoms with Crippen LogP contribution in [0.2, 0.25) is 0 Å². The summed E-state index contributed by atoms with van der Waals surface area (Å²) in [6, 6.07) is 0. The SMILES string of the molecule is CCCCCCCCCCOP(=O)(O)OCCCCCCCCCC.[CaH2]. The van der Waals surface area contributed by atoms with Crippen LogP contribution in [-0.2, 0) is 13.6 Å². The Kier molecular flexibility index (Phi) is 25.8. The van der Waals surface area contributed by atoms with Crippen LogP contribution in [0.15, 0.2) is 0 Å². The number of rotatable bonds is 20. The molecular formula is C20H45CaO4P. The van der Waals surface area contributed by atoms with Crippen LogP contribution in [0.3, 0.4) is 0 Å². The maximum absolute atomic E-state index is 11.7. The van der Waals surface area contributed by atoms with E-state index in [-0.39, 0.29) is 37.7 Å². The second kappa shape index (κ2) is 22.7. The Labute approximate surface area is 192 Å². The summed E-state index contributed by atoms with van der Waals surface area (Å²) in [5.41, 5.74) is 0. The van der Waals surface area contributed by atoms with Gasteiger partial charge in [-0.3, -0.25) is 9.05 Å². The van der Waals surface area contributed by atoms with Gasteiger partial charge in [0.15, 0.2) is 0 Å². The third kappa shape index (κ3) is 23.4. The summed E-state index contributed by atoms with van der Waals surface area (Å²) in [6.45, 7) is 5.09. The molecule has 0 aliphatic rings. The van der Waals surface area contributed by atoms with Crippen LogP contribution in [0, 0.1) is 0 Å².